The summed E-state index contributed by atoms with van der Waals surface area (Å²) in [6, 6.07) is 13.9. The fourth-order valence-corrected chi connectivity index (χ4v) is 2.00. The summed E-state index contributed by atoms with van der Waals surface area (Å²) in [5.41, 5.74) is 1.52. The van der Waals surface area contributed by atoms with Crippen LogP contribution in [0, 0.1) is 6.92 Å². The molecule has 0 saturated heterocycles. The molecule has 0 aliphatic rings. The lowest BCUT2D eigenvalue weighted by atomic mass is 10.2. The molecular formula is C18H18NO5-. The summed E-state index contributed by atoms with van der Waals surface area (Å²) in [5, 5.41) is 13.1. The molecule has 0 saturated carbocycles. The molecule has 0 aromatic heterocycles. The molecule has 0 spiro atoms. The minimum atomic E-state index is -1.32. The summed E-state index contributed by atoms with van der Waals surface area (Å²) in [6.45, 7) is 3.04. The molecule has 0 heterocycles. The Hall–Kier alpha value is -3.02. The van der Waals surface area contributed by atoms with E-state index in [1.54, 1.807) is 31.2 Å². The van der Waals surface area contributed by atoms with Gasteiger partial charge in [-0.15, -0.1) is 0 Å². The summed E-state index contributed by atoms with van der Waals surface area (Å²) in [5.74, 6) is -0.703. The molecule has 126 valence electrons. The fourth-order valence-electron chi connectivity index (χ4n) is 2.00. The number of carboxylic acids is 1. The number of anilines is 1. The Labute approximate surface area is 140 Å². The molecule has 1 amide bonds. The van der Waals surface area contributed by atoms with Crippen molar-refractivity contribution in [2.45, 2.75) is 20.0 Å². The highest BCUT2D eigenvalue weighted by molar-refractivity contribution is 5.94. The maximum atomic E-state index is 12.2. The first-order valence-electron chi connectivity index (χ1n) is 7.41. The van der Waals surface area contributed by atoms with Crippen LogP contribution >= 0.6 is 0 Å². The molecule has 0 bridgehead atoms. The van der Waals surface area contributed by atoms with Gasteiger partial charge in [0.2, 0.25) is 0 Å². The van der Waals surface area contributed by atoms with Gasteiger partial charge in [-0.1, -0.05) is 18.2 Å². The van der Waals surface area contributed by atoms with E-state index in [4.69, 9.17) is 9.47 Å². The standard InChI is InChI=1S/C18H19NO5/c1-12-5-3-8-16(9-12)24-13(2)18(22)19-14-6-4-7-15(10-14)23-11-17(20)21/h3-10,13H,11H2,1-2H3,(H,19,22)(H,20,21)/p-1/t13-/m1/s1. The molecule has 0 aliphatic heterocycles. The number of benzene rings is 2. The average molecular weight is 328 g/mol. The predicted octanol–water partition coefficient (Wildman–Crippen LogP) is 1.53. The van der Waals surface area contributed by atoms with Gasteiger partial charge in [0, 0.05) is 11.8 Å². The zero-order valence-corrected chi connectivity index (χ0v) is 13.4. The van der Waals surface area contributed by atoms with Crippen LogP contribution < -0.4 is 19.9 Å². The quantitative estimate of drug-likeness (QED) is 0.833. The topological polar surface area (TPSA) is 87.7 Å². The lowest BCUT2D eigenvalue weighted by molar-refractivity contribution is -0.307. The number of hydrogen-bond acceptors (Lipinski definition) is 5. The highest BCUT2D eigenvalue weighted by Gasteiger charge is 2.15. The number of carboxylic acid groups (broad SMARTS) is 1. The Balaban J connectivity index is 1.95. The third-order valence-corrected chi connectivity index (χ3v) is 3.13. The van der Waals surface area contributed by atoms with Gasteiger partial charge >= 0.3 is 0 Å². The molecule has 0 aliphatic carbocycles. The molecule has 0 unspecified atom stereocenters. The van der Waals surface area contributed by atoms with Gasteiger partial charge in [0.25, 0.3) is 5.91 Å². The summed E-state index contributed by atoms with van der Waals surface area (Å²) in [7, 11) is 0. The molecule has 1 N–H and O–H groups in total. The predicted molar refractivity (Wildman–Crippen MR) is 86.8 cm³/mol. The second kappa shape index (κ2) is 8.01. The minimum absolute atomic E-state index is 0.323. The van der Waals surface area contributed by atoms with Crippen LogP contribution in [0.2, 0.25) is 0 Å². The first-order valence-corrected chi connectivity index (χ1v) is 7.41. The first-order chi connectivity index (χ1) is 11.4. The van der Waals surface area contributed by atoms with Crippen molar-refractivity contribution in [3.63, 3.8) is 0 Å². The molecule has 2 rings (SSSR count). The van der Waals surface area contributed by atoms with Crippen molar-refractivity contribution in [1.82, 2.24) is 0 Å². The van der Waals surface area contributed by atoms with E-state index in [2.05, 4.69) is 5.32 Å². The maximum Gasteiger partial charge on any atom is 0.265 e. The first kappa shape index (κ1) is 17.3. The number of ether oxygens (including phenoxy) is 2. The van der Waals surface area contributed by atoms with Crippen molar-refractivity contribution in [2.24, 2.45) is 0 Å². The number of nitrogens with one attached hydrogen (secondary N) is 1. The molecule has 24 heavy (non-hydrogen) atoms. The van der Waals surface area contributed by atoms with Crippen molar-refractivity contribution in [3.05, 3.63) is 54.1 Å². The summed E-state index contributed by atoms with van der Waals surface area (Å²) >= 11 is 0. The van der Waals surface area contributed by atoms with E-state index in [-0.39, 0.29) is 5.91 Å². The van der Waals surface area contributed by atoms with E-state index in [0.717, 1.165) is 5.56 Å². The smallest absolute Gasteiger partial charge is 0.265 e. The van der Waals surface area contributed by atoms with Gasteiger partial charge < -0.3 is 24.7 Å². The number of amides is 1. The van der Waals surface area contributed by atoms with Crippen LogP contribution in [0.15, 0.2) is 48.5 Å². The van der Waals surface area contributed by atoms with E-state index in [9.17, 15) is 14.7 Å². The number of carbonyl (C=O) groups excluding carboxylic acids is 2. The van der Waals surface area contributed by atoms with E-state index >= 15 is 0 Å². The highest BCUT2D eigenvalue weighted by Crippen LogP contribution is 2.19. The zero-order chi connectivity index (χ0) is 17.5. The monoisotopic (exact) mass is 328 g/mol. The summed E-state index contributed by atoms with van der Waals surface area (Å²) in [6.07, 6.45) is -0.695. The van der Waals surface area contributed by atoms with Crippen LogP contribution in [0.1, 0.15) is 12.5 Å². The van der Waals surface area contributed by atoms with Gasteiger partial charge in [-0.3, -0.25) is 4.79 Å². The number of aryl methyl sites for hydroxylation is 1. The summed E-state index contributed by atoms with van der Waals surface area (Å²) in [4.78, 5) is 22.6. The van der Waals surface area contributed by atoms with E-state index < -0.39 is 18.7 Å². The summed E-state index contributed by atoms with van der Waals surface area (Å²) < 4.78 is 10.6. The maximum absolute atomic E-state index is 12.2. The van der Waals surface area contributed by atoms with Gasteiger partial charge in [0.05, 0.1) is 5.97 Å². The van der Waals surface area contributed by atoms with Crippen molar-refractivity contribution in [2.75, 3.05) is 11.9 Å². The van der Waals surface area contributed by atoms with Gasteiger partial charge in [0.1, 0.15) is 18.1 Å². The Morgan fingerprint density at radius 1 is 1.12 bits per heavy atom. The molecule has 1 atom stereocenters. The third kappa shape index (κ3) is 5.31. The second-order valence-corrected chi connectivity index (χ2v) is 5.25. The molecule has 2 aromatic carbocycles. The van der Waals surface area contributed by atoms with Gasteiger partial charge in [0.15, 0.2) is 6.10 Å². The van der Waals surface area contributed by atoms with Gasteiger partial charge in [-0.25, -0.2) is 0 Å². The number of carbonyl (C=O) groups is 2. The fraction of sp³-hybridized carbons (Fsp3) is 0.222. The van der Waals surface area contributed by atoms with E-state index in [0.29, 0.717) is 17.2 Å². The Bertz CT molecular complexity index is 729. The molecule has 0 fully saturated rings. The van der Waals surface area contributed by atoms with E-state index in [1.165, 1.54) is 6.07 Å². The number of hydrogen-bond donors (Lipinski definition) is 1. The number of aliphatic carboxylic acids is 1. The van der Waals surface area contributed by atoms with Crippen LogP contribution in [-0.4, -0.2) is 24.6 Å². The highest BCUT2D eigenvalue weighted by atomic mass is 16.5. The van der Waals surface area contributed by atoms with Gasteiger partial charge in [-0.2, -0.15) is 0 Å². The van der Waals surface area contributed by atoms with Crippen molar-refractivity contribution < 1.29 is 24.2 Å². The second-order valence-electron chi connectivity index (χ2n) is 5.25. The minimum Gasteiger partial charge on any atom is -0.546 e. The van der Waals surface area contributed by atoms with Gasteiger partial charge in [-0.05, 0) is 43.7 Å². The van der Waals surface area contributed by atoms with Crippen LogP contribution in [0.4, 0.5) is 5.69 Å². The molecular weight excluding hydrogens is 310 g/mol. The Kier molecular flexibility index (Phi) is 5.78. The number of rotatable bonds is 7. The third-order valence-electron chi connectivity index (χ3n) is 3.13. The van der Waals surface area contributed by atoms with Crippen molar-refractivity contribution in [1.29, 1.82) is 0 Å². The van der Waals surface area contributed by atoms with Crippen LogP contribution in [-0.2, 0) is 9.59 Å². The molecule has 0 radical (unpaired) electrons. The van der Waals surface area contributed by atoms with Crippen molar-refractivity contribution >= 4 is 17.6 Å². The average Bonchev–Trinajstić information content (AvgIpc) is 2.53. The zero-order valence-electron chi connectivity index (χ0n) is 13.4. The molecule has 6 heteroatoms. The van der Waals surface area contributed by atoms with Crippen LogP contribution in [0.25, 0.3) is 0 Å². The van der Waals surface area contributed by atoms with Crippen molar-refractivity contribution in [3.8, 4) is 11.5 Å². The van der Waals surface area contributed by atoms with Crippen LogP contribution in [0.3, 0.4) is 0 Å². The normalized spacial score (nSPS) is 11.4. The lowest BCUT2D eigenvalue weighted by Gasteiger charge is -2.15. The lowest BCUT2D eigenvalue weighted by Crippen LogP contribution is -2.30. The van der Waals surface area contributed by atoms with E-state index in [1.807, 2.05) is 25.1 Å². The van der Waals surface area contributed by atoms with Crippen LogP contribution in [0.5, 0.6) is 11.5 Å². The SMILES string of the molecule is Cc1cccc(O[C@H](C)C(=O)Nc2cccc(OCC(=O)[O-])c2)c1. The largest absolute Gasteiger partial charge is 0.546 e. The Morgan fingerprint density at radius 3 is 2.54 bits per heavy atom. The molecule has 2 aromatic rings. The molecule has 6 nitrogen and oxygen atoms in total. The Morgan fingerprint density at radius 2 is 1.83 bits per heavy atom.